The monoisotopic (exact) mass is 346 g/mol. The summed E-state index contributed by atoms with van der Waals surface area (Å²) in [5, 5.41) is 17.4. The number of nitro groups is 1. The SMILES string of the molecule is Cc1cc(NC(=O)c2ccccc2[N+](=O)[O-])nn1C(=O)OC(C)(C)C. The highest BCUT2D eigenvalue weighted by Gasteiger charge is 2.23. The van der Waals surface area contributed by atoms with Gasteiger partial charge in [0.1, 0.15) is 11.2 Å². The Labute approximate surface area is 143 Å². The van der Waals surface area contributed by atoms with Crippen LogP contribution in [-0.4, -0.2) is 32.3 Å². The van der Waals surface area contributed by atoms with E-state index in [0.29, 0.717) is 5.69 Å². The fraction of sp³-hybridized carbons (Fsp3) is 0.312. The number of benzene rings is 1. The molecule has 0 saturated heterocycles. The molecule has 0 radical (unpaired) electrons. The number of rotatable bonds is 3. The van der Waals surface area contributed by atoms with Gasteiger partial charge in [0.25, 0.3) is 11.6 Å². The van der Waals surface area contributed by atoms with E-state index in [0.717, 1.165) is 4.68 Å². The summed E-state index contributed by atoms with van der Waals surface area (Å²) < 4.78 is 6.23. The van der Waals surface area contributed by atoms with E-state index >= 15 is 0 Å². The van der Waals surface area contributed by atoms with E-state index < -0.39 is 22.5 Å². The van der Waals surface area contributed by atoms with Gasteiger partial charge in [0.05, 0.1) is 4.92 Å². The normalized spacial score (nSPS) is 11.0. The standard InChI is InChI=1S/C16H18N4O5/c1-10-9-13(18-19(10)15(22)25-16(2,3)4)17-14(21)11-7-5-6-8-12(11)20(23)24/h5-9H,1-4H3,(H,17,18,21). The second kappa shape index (κ2) is 6.71. The number of anilines is 1. The van der Waals surface area contributed by atoms with Crippen molar-refractivity contribution in [1.29, 1.82) is 0 Å². The summed E-state index contributed by atoms with van der Waals surface area (Å²) in [6.07, 6.45) is -0.684. The first-order valence-electron chi connectivity index (χ1n) is 7.43. The first-order chi connectivity index (χ1) is 11.6. The molecule has 0 spiro atoms. The molecule has 1 heterocycles. The molecule has 1 N–H and O–H groups in total. The molecule has 0 atom stereocenters. The number of nitrogens with one attached hydrogen (secondary N) is 1. The van der Waals surface area contributed by atoms with Crippen molar-refractivity contribution in [2.75, 3.05) is 5.32 Å². The molecule has 1 aromatic carbocycles. The van der Waals surface area contributed by atoms with E-state index in [1.807, 2.05) is 0 Å². The number of carbonyl (C=O) groups is 2. The number of ether oxygens (including phenoxy) is 1. The van der Waals surface area contributed by atoms with Crippen LogP contribution in [0.3, 0.4) is 0 Å². The number of hydrogen-bond acceptors (Lipinski definition) is 6. The van der Waals surface area contributed by atoms with Gasteiger partial charge in [-0.3, -0.25) is 14.9 Å². The Morgan fingerprint density at radius 3 is 2.52 bits per heavy atom. The minimum absolute atomic E-state index is 0.0894. The van der Waals surface area contributed by atoms with E-state index in [2.05, 4.69) is 10.4 Å². The van der Waals surface area contributed by atoms with Crippen LogP contribution in [0, 0.1) is 17.0 Å². The first kappa shape index (κ1) is 18.1. The summed E-state index contributed by atoms with van der Waals surface area (Å²) in [6, 6.07) is 7.03. The lowest BCUT2D eigenvalue weighted by Gasteiger charge is -2.19. The maximum atomic E-state index is 12.3. The highest BCUT2D eigenvalue weighted by molar-refractivity contribution is 6.06. The van der Waals surface area contributed by atoms with Crippen LogP contribution in [0.1, 0.15) is 36.8 Å². The Kier molecular flexibility index (Phi) is 4.87. The van der Waals surface area contributed by atoms with Crippen molar-refractivity contribution >= 4 is 23.5 Å². The van der Waals surface area contributed by atoms with Gasteiger partial charge in [-0.15, -0.1) is 5.10 Å². The summed E-state index contributed by atoms with van der Waals surface area (Å²) in [5.74, 6) is -0.604. The van der Waals surface area contributed by atoms with E-state index in [1.165, 1.54) is 30.3 Å². The van der Waals surface area contributed by atoms with Crippen LogP contribution >= 0.6 is 0 Å². The van der Waals surface area contributed by atoms with Gasteiger partial charge in [0, 0.05) is 17.8 Å². The quantitative estimate of drug-likeness (QED) is 0.674. The predicted octanol–water partition coefficient (Wildman–Crippen LogP) is 3.14. The van der Waals surface area contributed by atoms with E-state index in [4.69, 9.17) is 4.74 Å². The molecule has 2 aromatic rings. The molecular weight excluding hydrogens is 328 g/mol. The lowest BCUT2D eigenvalue weighted by atomic mass is 10.1. The summed E-state index contributed by atoms with van der Waals surface area (Å²) in [6.45, 7) is 6.79. The molecule has 9 nitrogen and oxygen atoms in total. The van der Waals surface area contributed by atoms with Gasteiger partial charge >= 0.3 is 6.09 Å². The molecule has 0 aliphatic carbocycles. The van der Waals surface area contributed by atoms with Crippen LogP contribution in [0.2, 0.25) is 0 Å². The molecule has 0 saturated carbocycles. The maximum Gasteiger partial charge on any atom is 0.435 e. The topological polar surface area (TPSA) is 116 Å². The lowest BCUT2D eigenvalue weighted by molar-refractivity contribution is -0.385. The Morgan fingerprint density at radius 2 is 1.92 bits per heavy atom. The van der Waals surface area contributed by atoms with Gasteiger partial charge in [-0.1, -0.05) is 12.1 Å². The Morgan fingerprint density at radius 1 is 1.28 bits per heavy atom. The average Bonchev–Trinajstić information content (AvgIpc) is 2.86. The minimum atomic E-state index is -0.693. The van der Waals surface area contributed by atoms with Crippen molar-refractivity contribution in [2.24, 2.45) is 0 Å². The van der Waals surface area contributed by atoms with Crippen LogP contribution in [-0.2, 0) is 4.74 Å². The van der Waals surface area contributed by atoms with Gasteiger partial charge in [-0.25, -0.2) is 4.79 Å². The predicted molar refractivity (Wildman–Crippen MR) is 89.6 cm³/mol. The molecule has 2 rings (SSSR count). The molecular formula is C16H18N4O5. The second-order valence-corrected chi connectivity index (χ2v) is 6.29. The van der Waals surface area contributed by atoms with E-state index in [-0.39, 0.29) is 17.1 Å². The summed E-state index contributed by atoms with van der Waals surface area (Å²) in [4.78, 5) is 34.7. The van der Waals surface area contributed by atoms with Crippen LogP contribution in [0.25, 0.3) is 0 Å². The van der Waals surface area contributed by atoms with E-state index in [9.17, 15) is 19.7 Å². The zero-order valence-corrected chi connectivity index (χ0v) is 14.3. The third-order valence-electron chi connectivity index (χ3n) is 3.04. The molecule has 0 bridgehead atoms. The molecule has 1 aromatic heterocycles. The van der Waals surface area contributed by atoms with Crippen molar-refractivity contribution in [1.82, 2.24) is 9.78 Å². The fourth-order valence-electron chi connectivity index (χ4n) is 2.03. The van der Waals surface area contributed by atoms with Gasteiger partial charge < -0.3 is 10.1 Å². The first-order valence-corrected chi connectivity index (χ1v) is 7.43. The molecule has 25 heavy (non-hydrogen) atoms. The minimum Gasteiger partial charge on any atom is -0.442 e. The van der Waals surface area contributed by atoms with Gasteiger partial charge in [-0.05, 0) is 33.8 Å². The molecule has 132 valence electrons. The van der Waals surface area contributed by atoms with Crippen molar-refractivity contribution in [3.8, 4) is 0 Å². The number of aromatic nitrogens is 2. The fourth-order valence-corrected chi connectivity index (χ4v) is 2.03. The Balaban J connectivity index is 2.22. The lowest BCUT2D eigenvalue weighted by Crippen LogP contribution is -2.28. The van der Waals surface area contributed by atoms with E-state index in [1.54, 1.807) is 27.7 Å². The van der Waals surface area contributed by atoms with Crippen LogP contribution in [0.15, 0.2) is 30.3 Å². The summed E-state index contributed by atoms with van der Waals surface area (Å²) in [5.41, 5.74) is -0.656. The largest absolute Gasteiger partial charge is 0.442 e. The number of aryl methyl sites for hydroxylation is 1. The average molecular weight is 346 g/mol. The van der Waals surface area contributed by atoms with Gasteiger partial charge in [0.2, 0.25) is 0 Å². The third kappa shape index (κ3) is 4.40. The molecule has 0 aliphatic rings. The van der Waals surface area contributed by atoms with Crippen molar-refractivity contribution in [3.63, 3.8) is 0 Å². The third-order valence-corrected chi connectivity index (χ3v) is 3.04. The number of hydrogen-bond donors (Lipinski definition) is 1. The van der Waals surface area contributed by atoms with Crippen molar-refractivity contribution in [2.45, 2.75) is 33.3 Å². The number of nitro benzene ring substituents is 1. The molecule has 1 amide bonds. The summed E-state index contributed by atoms with van der Waals surface area (Å²) in [7, 11) is 0. The highest BCUT2D eigenvalue weighted by Crippen LogP contribution is 2.20. The number of nitrogens with zero attached hydrogens (tertiary/aromatic N) is 3. The van der Waals surface area contributed by atoms with Gasteiger partial charge in [0.15, 0.2) is 5.82 Å². The Bertz CT molecular complexity index is 835. The highest BCUT2D eigenvalue weighted by atomic mass is 16.6. The summed E-state index contributed by atoms with van der Waals surface area (Å²) >= 11 is 0. The Hall–Kier alpha value is -3.23. The second-order valence-electron chi connectivity index (χ2n) is 6.29. The van der Waals surface area contributed by atoms with Crippen LogP contribution in [0.4, 0.5) is 16.3 Å². The van der Waals surface area contributed by atoms with Crippen LogP contribution in [0.5, 0.6) is 0 Å². The van der Waals surface area contributed by atoms with Gasteiger partial charge in [-0.2, -0.15) is 4.68 Å². The maximum absolute atomic E-state index is 12.3. The van der Waals surface area contributed by atoms with Crippen molar-refractivity contribution in [3.05, 3.63) is 51.7 Å². The molecule has 0 fully saturated rings. The van der Waals surface area contributed by atoms with Crippen LogP contribution < -0.4 is 5.32 Å². The number of para-hydroxylation sites is 1. The smallest absolute Gasteiger partial charge is 0.435 e. The molecule has 0 aliphatic heterocycles. The number of amides is 1. The molecule has 0 unspecified atom stereocenters. The van der Waals surface area contributed by atoms with Crippen molar-refractivity contribution < 1.29 is 19.2 Å². The zero-order valence-electron chi connectivity index (χ0n) is 14.3. The zero-order chi connectivity index (χ0) is 18.8. The number of carbonyl (C=O) groups excluding carboxylic acids is 2. The molecule has 9 heteroatoms.